The largest absolute Gasteiger partial charge is 0.246 e. The molecule has 0 atom stereocenters. The van der Waals surface area contributed by atoms with Crippen LogP contribution in [0.2, 0.25) is 0 Å². The van der Waals surface area contributed by atoms with E-state index in [1.165, 1.54) is 41.7 Å². The van der Waals surface area contributed by atoms with E-state index in [0.717, 1.165) is 23.5 Å². The molecule has 2 aromatic carbocycles. The molecule has 0 aliphatic heterocycles. The summed E-state index contributed by atoms with van der Waals surface area (Å²) in [4.78, 5) is 7.40. The molecule has 0 amide bonds. The van der Waals surface area contributed by atoms with Gasteiger partial charge in [0.15, 0.2) is 0 Å². The fourth-order valence-electron chi connectivity index (χ4n) is 4.07. The lowest BCUT2D eigenvalue weighted by Crippen LogP contribution is -1.98. The SMILES string of the molecule is CCc1nc(C)c(-c2c(-c3c(C)nn(-c4ccccc4)c3C)sc3ccccc23)s1. The van der Waals surface area contributed by atoms with Crippen molar-refractivity contribution in [3.63, 3.8) is 0 Å². The van der Waals surface area contributed by atoms with Crippen LogP contribution in [0.3, 0.4) is 0 Å². The Morgan fingerprint density at radius 3 is 2.27 bits per heavy atom. The van der Waals surface area contributed by atoms with Crippen molar-refractivity contribution in [1.29, 1.82) is 0 Å². The maximum atomic E-state index is 4.92. The fourth-order valence-corrected chi connectivity index (χ4v) is 6.57. The van der Waals surface area contributed by atoms with Crippen molar-refractivity contribution in [3.05, 3.63) is 76.7 Å². The molecular formula is C25H23N3S2. The number of aryl methyl sites for hydroxylation is 3. The summed E-state index contributed by atoms with van der Waals surface area (Å²) in [5.74, 6) is 0. The number of para-hydroxylation sites is 1. The first-order valence-corrected chi connectivity index (χ1v) is 11.8. The van der Waals surface area contributed by atoms with E-state index in [4.69, 9.17) is 10.1 Å². The monoisotopic (exact) mass is 429 g/mol. The summed E-state index contributed by atoms with van der Waals surface area (Å²) in [5.41, 5.74) is 6.98. The Balaban J connectivity index is 1.81. The molecule has 3 aromatic heterocycles. The zero-order chi connectivity index (χ0) is 20.8. The Bertz CT molecular complexity index is 1360. The van der Waals surface area contributed by atoms with Crippen molar-refractivity contribution in [1.82, 2.24) is 14.8 Å². The molecule has 3 heterocycles. The van der Waals surface area contributed by atoms with Crippen molar-refractivity contribution in [2.75, 3.05) is 0 Å². The molecule has 0 aliphatic carbocycles. The summed E-state index contributed by atoms with van der Waals surface area (Å²) in [6.45, 7) is 8.60. The lowest BCUT2D eigenvalue weighted by Gasteiger charge is -2.07. The van der Waals surface area contributed by atoms with Crippen molar-refractivity contribution < 1.29 is 0 Å². The van der Waals surface area contributed by atoms with Gasteiger partial charge in [0.1, 0.15) is 0 Å². The van der Waals surface area contributed by atoms with Gasteiger partial charge in [0, 0.05) is 26.1 Å². The van der Waals surface area contributed by atoms with Crippen LogP contribution in [0, 0.1) is 20.8 Å². The average molecular weight is 430 g/mol. The third-order valence-electron chi connectivity index (χ3n) is 5.49. The number of thiophene rings is 1. The smallest absolute Gasteiger partial charge is 0.0931 e. The van der Waals surface area contributed by atoms with E-state index in [1.54, 1.807) is 0 Å². The Hall–Kier alpha value is -2.76. The predicted octanol–water partition coefficient (Wildman–Crippen LogP) is 7.37. The van der Waals surface area contributed by atoms with Crippen LogP contribution in [0.1, 0.15) is 29.0 Å². The molecule has 0 saturated carbocycles. The third-order valence-corrected chi connectivity index (χ3v) is 7.99. The van der Waals surface area contributed by atoms with Crippen LogP contribution >= 0.6 is 22.7 Å². The first-order chi connectivity index (χ1) is 14.6. The molecule has 0 radical (unpaired) electrons. The average Bonchev–Trinajstić information content (AvgIpc) is 3.40. The van der Waals surface area contributed by atoms with E-state index in [9.17, 15) is 0 Å². The molecule has 3 nitrogen and oxygen atoms in total. The van der Waals surface area contributed by atoms with Crippen LogP contribution in [0.25, 0.3) is 36.7 Å². The Morgan fingerprint density at radius 2 is 1.53 bits per heavy atom. The van der Waals surface area contributed by atoms with Gasteiger partial charge in [-0.05, 0) is 45.4 Å². The second-order valence-electron chi connectivity index (χ2n) is 7.47. The van der Waals surface area contributed by atoms with Gasteiger partial charge in [-0.1, -0.05) is 43.3 Å². The van der Waals surface area contributed by atoms with E-state index >= 15 is 0 Å². The zero-order valence-corrected chi connectivity index (χ0v) is 19.2. The van der Waals surface area contributed by atoms with E-state index in [-0.39, 0.29) is 0 Å². The van der Waals surface area contributed by atoms with Crippen molar-refractivity contribution in [2.45, 2.75) is 34.1 Å². The maximum Gasteiger partial charge on any atom is 0.0931 e. The summed E-state index contributed by atoms with van der Waals surface area (Å²) < 4.78 is 3.37. The van der Waals surface area contributed by atoms with Crippen LogP contribution < -0.4 is 0 Å². The number of fused-ring (bicyclic) bond motifs is 1. The van der Waals surface area contributed by atoms with Crippen LogP contribution in [0.4, 0.5) is 0 Å². The van der Waals surface area contributed by atoms with Crippen molar-refractivity contribution in [3.8, 4) is 26.6 Å². The second kappa shape index (κ2) is 7.49. The lowest BCUT2D eigenvalue weighted by molar-refractivity contribution is 0.834. The highest BCUT2D eigenvalue weighted by Crippen LogP contribution is 2.49. The van der Waals surface area contributed by atoms with Gasteiger partial charge in [-0.3, -0.25) is 0 Å². The van der Waals surface area contributed by atoms with Gasteiger partial charge in [0.25, 0.3) is 0 Å². The van der Waals surface area contributed by atoms with Crippen molar-refractivity contribution in [2.24, 2.45) is 0 Å². The summed E-state index contributed by atoms with van der Waals surface area (Å²) in [6, 6.07) is 19.1. The molecule has 0 bridgehead atoms. The van der Waals surface area contributed by atoms with Crippen LogP contribution in [-0.4, -0.2) is 14.8 Å². The standard InChI is InChI=1S/C25H23N3S2/c1-5-21-26-16(3)24(30-21)23-19-13-9-10-14-20(19)29-25(23)22-15(2)27-28(17(22)4)18-11-7-6-8-12-18/h6-14H,5H2,1-4H3. The highest BCUT2D eigenvalue weighted by Gasteiger charge is 2.24. The maximum absolute atomic E-state index is 4.92. The molecular weight excluding hydrogens is 406 g/mol. The molecule has 0 saturated heterocycles. The normalized spacial score (nSPS) is 11.5. The minimum atomic E-state index is 0.965. The van der Waals surface area contributed by atoms with Gasteiger partial charge >= 0.3 is 0 Å². The highest BCUT2D eigenvalue weighted by atomic mass is 32.1. The summed E-state index contributed by atoms with van der Waals surface area (Å²) in [7, 11) is 0. The molecule has 0 spiro atoms. The quantitative estimate of drug-likeness (QED) is 0.299. The van der Waals surface area contributed by atoms with Gasteiger partial charge in [-0.15, -0.1) is 22.7 Å². The fraction of sp³-hybridized carbons (Fsp3) is 0.200. The number of aromatic nitrogens is 3. The van der Waals surface area contributed by atoms with Gasteiger partial charge in [-0.25, -0.2) is 9.67 Å². The number of rotatable bonds is 4. The van der Waals surface area contributed by atoms with Crippen LogP contribution in [0.15, 0.2) is 54.6 Å². The van der Waals surface area contributed by atoms with E-state index in [1.807, 2.05) is 28.7 Å². The molecule has 0 fully saturated rings. The first kappa shape index (κ1) is 19.2. The molecule has 5 heteroatoms. The minimum absolute atomic E-state index is 0.965. The summed E-state index contributed by atoms with van der Waals surface area (Å²) in [5, 5.41) is 7.41. The summed E-state index contributed by atoms with van der Waals surface area (Å²) >= 11 is 3.68. The molecule has 5 aromatic rings. The lowest BCUT2D eigenvalue weighted by atomic mass is 10.0. The van der Waals surface area contributed by atoms with E-state index in [2.05, 4.69) is 80.9 Å². The molecule has 5 rings (SSSR count). The number of nitrogens with zero attached hydrogens (tertiary/aromatic N) is 3. The number of benzene rings is 2. The Kier molecular flexibility index (Phi) is 4.80. The predicted molar refractivity (Wildman–Crippen MR) is 129 cm³/mol. The van der Waals surface area contributed by atoms with Gasteiger partial charge in [0.05, 0.1) is 32.7 Å². The van der Waals surface area contributed by atoms with Crippen LogP contribution in [0.5, 0.6) is 0 Å². The van der Waals surface area contributed by atoms with Crippen LogP contribution in [-0.2, 0) is 6.42 Å². The Labute approximate surface area is 184 Å². The molecule has 0 N–H and O–H groups in total. The number of hydrogen-bond donors (Lipinski definition) is 0. The van der Waals surface area contributed by atoms with Gasteiger partial charge in [-0.2, -0.15) is 5.10 Å². The zero-order valence-electron chi connectivity index (χ0n) is 17.6. The number of hydrogen-bond acceptors (Lipinski definition) is 4. The third kappa shape index (κ3) is 3.01. The summed E-state index contributed by atoms with van der Waals surface area (Å²) in [6.07, 6.45) is 0.965. The highest BCUT2D eigenvalue weighted by molar-refractivity contribution is 7.24. The van der Waals surface area contributed by atoms with Gasteiger partial charge < -0.3 is 0 Å². The minimum Gasteiger partial charge on any atom is -0.246 e. The molecule has 30 heavy (non-hydrogen) atoms. The molecule has 150 valence electrons. The molecule has 0 aliphatic rings. The Morgan fingerprint density at radius 1 is 0.800 bits per heavy atom. The van der Waals surface area contributed by atoms with E-state index in [0.29, 0.717) is 0 Å². The number of thiazole rings is 1. The van der Waals surface area contributed by atoms with Gasteiger partial charge in [0.2, 0.25) is 0 Å². The van der Waals surface area contributed by atoms with Crippen molar-refractivity contribution >= 4 is 32.8 Å². The molecule has 0 unspecified atom stereocenters. The topological polar surface area (TPSA) is 30.7 Å². The first-order valence-electron chi connectivity index (χ1n) is 10.2. The van der Waals surface area contributed by atoms with E-state index < -0.39 is 0 Å². The second-order valence-corrected chi connectivity index (χ2v) is 9.61.